The maximum Gasteiger partial charge on any atom is 0.224 e. The Labute approximate surface area is 167 Å². The Bertz CT molecular complexity index is 1120. The molecule has 146 valence electrons. The van der Waals surface area contributed by atoms with E-state index in [9.17, 15) is 9.18 Å². The molecule has 2 heterocycles. The first-order chi connectivity index (χ1) is 14.1. The van der Waals surface area contributed by atoms with Gasteiger partial charge in [0, 0.05) is 36.5 Å². The third kappa shape index (κ3) is 4.43. The van der Waals surface area contributed by atoms with Gasteiger partial charge in [-0.2, -0.15) is 0 Å². The lowest BCUT2D eigenvalue weighted by atomic mass is 10.1. The molecule has 0 fully saturated rings. The number of hydrogen-bond acceptors (Lipinski definition) is 3. The molecule has 1 amide bonds. The summed E-state index contributed by atoms with van der Waals surface area (Å²) < 4.78 is 21.7. The Kier molecular flexibility index (Phi) is 5.24. The molecule has 0 aliphatic heterocycles. The molecule has 5 nitrogen and oxygen atoms in total. The number of rotatable bonds is 6. The van der Waals surface area contributed by atoms with Crippen LogP contribution in [-0.2, 0) is 11.2 Å². The highest BCUT2D eigenvalue weighted by Crippen LogP contribution is 2.22. The molecule has 0 aliphatic carbocycles. The zero-order valence-electron chi connectivity index (χ0n) is 15.9. The van der Waals surface area contributed by atoms with E-state index in [1.165, 1.54) is 11.6 Å². The van der Waals surface area contributed by atoms with Crippen LogP contribution in [0.4, 0.5) is 10.1 Å². The standard InChI is InChI=1S/C23H20FN3O2/c1-16-4-6-17(7-5-16)21-15-25-23(29-21)11-10-22(28)26-20-14-18(8-9-19(20)24)27-12-2-3-13-27/h2-9,12-15H,10-11H2,1H3,(H,26,28). The molecule has 1 N–H and O–H groups in total. The van der Waals surface area contributed by atoms with Gasteiger partial charge in [0.2, 0.25) is 5.91 Å². The van der Waals surface area contributed by atoms with Crippen LogP contribution in [0, 0.1) is 12.7 Å². The first kappa shape index (κ1) is 18.7. The number of amides is 1. The summed E-state index contributed by atoms with van der Waals surface area (Å²) >= 11 is 0. The van der Waals surface area contributed by atoms with Crippen LogP contribution in [0.15, 0.2) is 77.6 Å². The molecule has 2 aromatic carbocycles. The van der Waals surface area contributed by atoms with E-state index >= 15 is 0 Å². The second-order valence-electron chi connectivity index (χ2n) is 6.79. The summed E-state index contributed by atoms with van der Waals surface area (Å²) in [6.07, 6.45) is 5.83. The third-order valence-electron chi connectivity index (χ3n) is 4.58. The Hall–Kier alpha value is -3.67. The van der Waals surface area contributed by atoms with Crippen LogP contribution in [0.1, 0.15) is 17.9 Å². The van der Waals surface area contributed by atoms with Gasteiger partial charge in [-0.05, 0) is 37.3 Å². The summed E-state index contributed by atoms with van der Waals surface area (Å²) in [5.41, 5.74) is 3.01. The number of halogens is 1. The van der Waals surface area contributed by atoms with Gasteiger partial charge in [-0.1, -0.05) is 29.8 Å². The van der Waals surface area contributed by atoms with E-state index in [4.69, 9.17) is 4.42 Å². The van der Waals surface area contributed by atoms with E-state index in [2.05, 4.69) is 10.3 Å². The fourth-order valence-electron chi connectivity index (χ4n) is 2.99. The van der Waals surface area contributed by atoms with Crippen molar-refractivity contribution in [3.63, 3.8) is 0 Å². The van der Waals surface area contributed by atoms with Gasteiger partial charge in [-0.3, -0.25) is 4.79 Å². The highest BCUT2D eigenvalue weighted by molar-refractivity contribution is 5.91. The van der Waals surface area contributed by atoms with Gasteiger partial charge < -0.3 is 14.3 Å². The molecule has 29 heavy (non-hydrogen) atoms. The molecule has 0 unspecified atom stereocenters. The fraction of sp³-hybridized carbons (Fsp3) is 0.130. The lowest BCUT2D eigenvalue weighted by Gasteiger charge is -2.09. The van der Waals surface area contributed by atoms with Gasteiger partial charge in [0.25, 0.3) is 0 Å². The van der Waals surface area contributed by atoms with Gasteiger partial charge >= 0.3 is 0 Å². The smallest absolute Gasteiger partial charge is 0.224 e. The number of oxazole rings is 1. The molecular formula is C23H20FN3O2. The van der Waals surface area contributed by atoms with Crippen LogP contribution >= 0.6 is 0 Å². The molecule has 2 aromatic heterocycles. The minimum absolute atomic E-state index is 0.140. The number of aromatic nitrogens is 2. The maximum absolute atomic E-state index is 14.1. The third-order valence-corrected chi connectivity index (χ3v) is 4.58. The van der Waals surface area contributed by atoms with Gasteiger partial charge in [-0.15, -0.1) is 0 Å². The molecule has 4 aromatic rings. The molecule has 0 aliphatic rings. The molecule has 0 radical (unpaired) electrons. The fourth-order valence-corrected chi connectivity index (χ4v) is 2.99. The molecule has 6 heteroatoms. The number of anilines is 1. The summed E-state index contributed by atoms with van der Waals surface area (Å²) in [6.45, 7) is 2.02. The number of nitrogens with one attached hydrogen (secondary N) is 1. The summed E-state index contributed by atoms with van der Waals surface area (Å²) in [7, 11) is 0. The van der Waals surface area contributed by atoms with Crippen LogP contribution in [-0.4, -0.2) is 15.5 Å². The van der Waals surface area contributed by atoms with Gasteiger partial charge in [0.1, 0.15) is 5.82 Å². The van der Waals surface area contributed by atoms with Crippen molar-refractivity contribution in [1.29, 1.82) is 0 Å². The monoisotopic (exact) mass is 389 g/mol. The van der Waals surface area contributed by atoms with E-state index in [-0.39, 0.29) is 18.0 Å². The first-order valence-corrected chi connectivity index (χ1v) is 9.33. The van der Waals surface area contributed by atoms with Crippen LogP contribution in [0.3, 0.4) is 0 Å². The number of aryl methyl sites for hydroxylation is 2. The maximum atomic E-state index is 14.1. The molecule has 0 atom stereocenters. The summed E-state index contributed by atoms with van der Waals surface area (Å²) in [4.78, 5) is 16.5. The van der Waals surface area contributed by atoms with Crippen molar-refractivity contribution in [3.8, 4) is 17.0 Å². The zero-order chi connectivity index (χ0) is 20.2. The lowest BCUT2D eigenvalue weighted by molar-refractivity contribution is -0.116. The molecule has 0 spiro atoms. The molecule has 0 saturated heterocycles. The van der Waals surface area contributed by atoms with Crippen molar-refractivity contribution in [1.82, 2.24) is 9.55 Å². The molecular weight excluding hydrogens is 369 g/mol. The van der Waals surface area contributed by atoms with E-state index in [0.29, 0.717) is 18.1 Å². The second-order valence-corrected chi connectivity index (χ2v) is 6.79. The number of benzene rings is 2. The van der Waals surface area contributed by atoms with Crippen molar-refractivity contribution in [2.24, 2.45) is 0 Å². The average molecular weight is 389 g/mol. The number of nitrogens with zero attached hydrogens (tertiary/aromatic N) is 2. The first-order valence-electron chi connectivity index (χ1n) is 9.33. The van der Waals surface area contributed by atoms with Crippen molar-refractivity contribution < 1.29 is 13.6 Å². The zero-order valence-corrected chi connectivity index (χ0v) is 15.9. The van der Waals surface area contributed by atoms with E-state index in [0.717, 1.165) is 11.3 Å². The van der Waals surface area contributed by atoms with Crippen molar-refractivity contribution in [3.05, 3.63) is 90.5 Å². The van der Waals surface area contributed by atoms with Crippen molar-refractivity contribution >= 4 is 11.6 Å². The van der Waals surface area contributed by atoms with E-state index < -0.39 is 5.82 Å². The van der Waals surface area contributed by atoms with Gasteiger partial charge in [0.05, 0.1) is 11.9 Å². The predicted molar refractivity (Wildman–Crippen MR) is 109 cm³/mol. The Morgan fingerprint density at radius 2 is 1.90 bits per heavy atom. The quantitative estimate of drug-likeness (QED) is 0.496. The summed E-state index contributed by atoms with van der Waals surface area (Å²) in [5.74, 6) is 0.346. The predicted octanol–water partition coefficient (Wildman–Crippen LogP) is 5.15. The van der Waals surface area contributed by atoms with E-state index in [1.807, 2.05) is 60.3 Å². The molecule has 0 saturated carbocycles. The minimum atomic E-state index is -0.480. The normalized spacial score (nSPS) is 10.8. The topological polar surface area (TPSA) is 60.1 Å². The SMILES string of the molecule is Cc1ccc(-c2cnc(CCC(=O)Nc3cc(-n4cccc4)ccc3F)o2)cc1. The number of hydrogen-bond donors (Lipinski definition) is 1. The highest BCUT2D eigenvalue weighted by atomic mass is 19.1. The molecule has 4 rings (SSSR count). The van der Waals surface area contributed by atoms with Crippen molar-refractivity contribution in [2.45, 2.75) is 19.8 Å². The summed E-state index contributed by atoms with van der Waals surface area (Å²) in [6, 6.07) is 16.3. The van der Waals surface area contributed by atoms with Crippen LogP contribution in [0.2, 0.25) is 0 Å². The van der Waals surface area contributed by atoms with E-state index in [1.54, 1.807) is 18.3 Å². The van der Waals surface area contributed by atoms with Crippen molar-refractivity contribution in [2.75, 3.05) is 5.32 Å². The Balaban J connectivity index is 1.38. The van der Waals surface area contributed by atoms with Gasteiger partial charge in [-0.25, -0.2) is 9.37 Å². The number of carbonyl (C=O) groups is 1. The highest BCUT2D eigenvalue weighted by Gasteiger charge is 2.12. The largest absolute Gasteiger partial charge is 0.441 e. The van der Waals surface area contributed by atoms with Gasteiger partial charge in [0.15, 0.2) is 11.7 Å². The molecule has 0 bridgehead atoms. The van der Waals surface area contributed by atoms with Crippen LogP contribution in [0.5, 0.6) is 0 Å². The average Bonchev–Trinajstić information content (AvgIpc) is 3.41. The Morgan fingerprint density at radius 3 is 2.66 bits per heavy atom. The van der Waals surface area contributed by atoms with Crippen LogP contribution < -0.4 is 5.32 Å². The Morgan fingerprint density at radius 1 is 1.14 bits per heavy atom. The van der Waals surface area contributed by atoms with Crippen LogP contribution in [0.25, 0.3) is 17.0 Å². The lowest BCUT2D eigenvalue weighted by Crippen LogP contribution is -2.14. The minimum Gasteiger partial charge on any atom is -0.441 e. The second kappa shape index (κ2) is 8.14. The number of carbonyl (C=O) groups excluding carboxylic acids is 1. The summed E-state index contributed by atoms with van der Waals surface area (Å²) in [5, 5.41) is 2.63.